The molecule has 3 aromatic rings. The minimum absolute atomic E-state index is 0.0934. The summed E-state index contributed by atoms with van der Waals surface area (Å²) in [6.07, 6.45) is 8.93. The van der Waals surface area contributed by atoms with E-state index in [0.717, 1.165) is 29.2 Å². The maximum atomic E-state index is 12.5. The molecule has 0 radical (unpaired) electrons. The van der Waals surface area contributed by atoms with E-state index in [-0.39, 0.29) is 11.9 Å². The number of thiophene rings is 1. The molecule has 0 spiro atoms. The lowest BCUT2D eigenvalue weighted by molar-refractivity contribution is 0.0996. The quantitative estimate of drug-likeness (QED) is 0.685. The molecule has 1 aliphatic heterocycles. The van der Waals surface area contributed by atoms with Crippen LogP contribution in [0.15, 0.2) is 53.4 Å². The van der Waals surface area contributed by atoms with Crippen LogP contribution in [0, 0.1) is 6.92 Å². The Kier molecular flexibility index (Phi) is 5.36. The van der Waals surface area contributed by atoms with Gasteiger partial charge in [-0.15, -0.1) is 11.3 Å². The molecule has 1 N–H and O–H groups in total. The molecule has 0 saturated carbocycles. The van der Waals surface area contributed by atoms with Gasteiger partial charge in [-0.2, -0.15) is 0 Å². The van der Waals surface area contributed by atoms with Gasteiger partial charge in [0.05, 0.1) is 12.3 Å². The van der Waals surface area contributed by atoms with Gasteiger partial charge in [0.25, 0.3) is 5.91 Å². The fraction of sp³-hybridized carbons (Fsp3) is 0.333. The van der Waals surface area contributed by atoms with Crippen molar-refractivity contribution in [3.05, 3.63) is 70.8 Å². The van der Waals surface area contributed by atoms with Gasteiger partial charge >= 0.3 is 0 Å². The minimum Gasteiger partial charge on any atom is -0.459 e. The Morgan fingerprint density at radius 1 is 1.26 bits per heavy atom. The first kappa shape index (κ1) is 17.9. The van der Waals surface area contributed by atoms with Crippen LogP contribution in [-0.2, 0) is 0 Å². The summed E-state index contributed by atoms with van der Waals surface area (Å²) in [5.41, 5.74) is 2.29. The summed E-state index contributed by atoms with van der Waals surface area (Å²) >= 11 is 1.61. The highest BCUT2D eigenvalue weighted by Gasteiger charge is 2.28. The zero-order chi connectivity index (χ0) is 18.6. The van der Waals surface area contributed by atoms with E-state index in [1.165, 1.54) is 30.4 Å². The molecule has 4 heterocycles. The van der Waals surface area contributed by atoms with Crippen molar-refractivity contribution in [2.24, 2.45) is 0 Å². The Bertz CT molecular complexity index is 884. The van der Waals surface area contributed by atoms with E-state index in [2.05, 4.69) is 34.3 Å². The first-order valence-electron chi connectivity index (χ1n) is 9.31. The average molecular weight is 382 g/mol. The second-order valence-electron chi connectivity index (χ2n) is 6.86. The predicted octanol–water partition coefficient (Wildman–Crippen LogP) is 4.87. The van der Waals surface area contributed by atoms with Gasteiger partial charge in [-0.25, -0.2) is 0 Å². The molecule has 0 aromatic carbocycles. The third kappa shape index (κ3) is 3.96. The molecule has 1 amide bonds. The number of hydrogen-bond acceptors (Lipinski definition) is 5. The molecule has 1 atom stereocenters. The third-order valence-electron chi connectivity index (χ3n) is 4.91. The molecule has 4 rings (SSSR count). The van der Waals surface area contributed by atoms with Crippen molar-refractivity contribution in [3.63, 3.8) is 0 Å². The number of likely N-dealkylation sites (tertiary alicyclic amines) is 1. The molecular formula is C21H23N3O2S. The van der Waals surface area contributed by atoms with E-state index in [4.69, 9.17) is 4.42 Å². The van der Waals surface area contributed by atoms with Crippen molar-refractivity contribution in [1.82, 2.24) is 9.88 Å². The standard InChI is InChI=1S/C21H23N3O2S/c1-15-13-17(21(27-15)23-20(25)18-8-6-12-26-18)19(16-7-5-9-22-14-16)24-10-3-2-4-11-24/h5-9,12-14,19H,2-4,10-11H2,1H3,(H,23,25)/t19-/m1/s1. The van der Waals surface area contributed by atoms with Crippen LogP contribution in [0.25, 0.3) is 0 Å². The Balaban J connectivity index is 1.70. The molecule has 27 heavy (non-hydrogen) atoms. The van der Waals surface area contributed by atoms with Crippen molar-refractivity contribution in [1.29, 1.82) is 0 Å². The number of pyridine rings is 1. The number of carbonyl (C=O) groups excluding carboxylic acids is 1. The van der Waals surface area contributed by atoms with Crippen LogP contribution in [0.1, 0.15) is 51.9 Å². The number of hydrogen-bond donors (Lipinski definition) is 1. The Labute approximate surface area is 163 Å². The maximum absolute atomic E-state index is 12.5. The van der Waals surface area contributed by atoms with Gasteiger partial charge in [-0.3, -0.25) is 14.7 Å². The summed E-state index contributed by atoms with van der Waals surface area (Å²) in [5.74, 6) is 0.106. The molecule has 3 aromatic heterocycles. The first-order valence-corrected chi connectivity index (χ1v) is 10.1. The number of nitrogens with one attached hydrogen (secondary N) is 1. The van der Waals surface area contributed by atoms with E-state index in [1.807, 2.05) is 12.3 Å². The molecule has 0 unspecified atom stereocenters. The van der Waals surface area contributed by atoms with Gasteiger partial charge in [0.15, 0.2) is 5.76 Å². The number of piperidine rings is 1. The summed E-state index contributed by atoms with van der Waals surface area (Å²) in [7, 11) is 0. The molecule has 5 nitrogen and oxygen atoms in total. The number of rotatable bonds is 5. The highest BCUT2D eigenvalue weighted by molar-refractivity contribution is 7.16. The van der Waals surface area contributed by atoms with Crippen LogP contribution in [-0.4, -0.2) is 28.9 Å². The maximum Gasteiger partial charge on any atom is 0.291 e. The Hall–Kier alpha value is -2.44. The smallest absolute Gasteiger partial charge is 0.291 e. The van der Waals surface area contributed by atoms with Gasteiger partial charge in [0.2, 0.25) is 0 Å². The minimum atomic E-state index is -0.216. The fourth-order valence-corrected chi connectivity index (χ4v) is 4.65. The fourth-order valence-electron chi connectivity index (χ4n) is 3.71. The Morgan fingerprint density at radius 2 is 2.11 bits per heavy atom. The molecule has 1 fully saturated rings. The largest absolute Gasteiger partial charge is 0.459 e. The monoisotopic (exact) mass is 381 g/mol. The number of anilines is 1. The van der Waals surface area contributed by atoms with Gasteiger partial charge in [0.1, 0.15) is 5.00 Å². The molecule has 0 bridgehead atoms. The van der Waals surface area contributed by atoms with Crippen LogP contribution >= 0.6 is 11.3 Å². The van der Waals surface area contributed by atoms with E-state index >= 15 is 0 Å². The van der Waals surface area contributed by atoms with Crippen molar-refractivity contribution >= 4 is 22.2 Å². The van der Waals surface area contributed by atoms with Crippen LogP contribution in [0.3, 0.4) is 0 Å². The van der Waals surface area contributed by atoms with E-state index < -0.39 is 0 Å². The number of aromatic nitrogens is 1. The second-order valence-corrected chi connectivity index (χ2v) is 8.11. The first-order chi connectivity index (χ1) is 13.2. The van der Waals surface area contributed by atoms with Gasteiger partial charge in [-0.05, 0) is 62.7 Å². The molecule has 1 saturated heterocycles. The number of amides is 1. The van der Waals surface area contributed by atoms with E-state index in [0.29, 0.717) is 5.76 Å². The summed E-state index contributed by atoms with van der Waals surface area (Å²) < 4.78 is 5.25. The second kappa shape index (κ2) is 8.06. The molecule has 1 aliphatic rings. The highest BCUT2D eigenvalue weighted by Crippen LogP contribution is 2.39. The number of carbonyl (C=O) groups is 1. The molecule has 0 aliphatic carbocycles. The van der Waals surface area contributed by atoms with E-state index in [9.17, 15) is 4.79 Å². The van der Waals surface area contributed by atoms with Crippen LogP contribution in [0.4, 0.5) is 5.00 Å². The van der Waals surface area contributed by atoms with Gasteiger partial charge < -0.3 is 9.73 Å². The van der Waals surface area contributed by atoms with Crippen molar-refractivity contribution in [2.45, 2.75) is 32.2 Å². The zero-order valence-electron chi connectivity index (χ0n) is 15.4. The number of furan rings is 1. The normalized spacial score (nSPS) is 16.2. The molecule has 140 valence electrons. The van der Waals surface area contributed by atoms with Crippen molar-refractivity contribution in [3.8, 4) is 0 Å². The summed E-state index contributed by atoms with van der Waals surface area (Å²) in [5, 5.41) is 3.94. The van der Waals surface area contributed by atoms with Crippen LogP contribution in [0.2, 0.25) is 0 Å². The van der Waals surface area contributed by atoms with Crippen LogP contribution < -0.4 is 5.32 Å². The Morgan fingerprint density at radius 3 is 2.81 bits per heavy atom. The summed E-state index contributed by atoms with van der Waals surface area (Å²) in [6.45, 7) is 4.19. The summed E-state index contributed by atoms with van der Waals surface area (Å²) in [6, 6.07) is 9.79. The zero-order valence-corrected chi connectivity index (χ0v) is 16.2. The van der Waals surface area contributed by atoms with Crippen molar-refractivity contribution < 1.29 is 9.21 Å². The SMILES string of the molecule is Cc1cc([C@@H](c2cccnc2)N2CCCCC2)c(NC(=O)c2ccco2)s1. The molecule has 6 heteroatoms. The van der Waals surface area contributed by atoms with E-state index in [1.54, 1.807) is 29.7 Å². The lowest BCUT2D eigenvalue weighted by Crippen LogP contribution is -2.34. The topological polar surface area (TPSA) is 58.4 Å². The average Bonchev–Trinajstić information content (AvgIpc) is 3.34. The predicted molar refractivity (Wildman–Crippen MR) is 107 cm³/mol. The summed E-state index contributed by atoms with van der Waals surface area (Å²) in [4.78, 5) is 20.6. The lowest BCUT2D eigenvalue weighted by atomic mass is 9.97. The highest BCUT2D eigenvalue weighted by atomic mass is 32.1. The molecular weight excluding hydrogens is 358 g/mol. The number of aryl methyl sites for hydroxylation is 1. The van der Waals surface area contributed by atoms with Gasteiger partial charge in [0, 0.05) is 22.8 Å². The van der Waals surface area contributed by atoms with Crippen LogP contribution in [0.5, 0.6) is 0 Å². The van der Waals surface area contributed by atoms with Crippen molar-refractivity contribution in [2.75, 3.05) is 18.4 Å². The number of nitrogens with zero attached hydrogens (tertiary/aromatic N) is 2. The van der Waals surface area contributed by atoms with Gasteiger partial charge in [-0.1, -0.05) is 12.5 Å². The lowest BCUT2D eigenvalue weighted by Gasteiger charge is -2.35. The third-order valence-corrected chi connectivity index (χ3v) is 5.89.